The van der Waals surface area contributed by atoms with Crippen molar-refractivity contribution in [3.63, 3.8) is 0 Å². The van der Waals surface area contributed by atoms with Gasteiger partial charge in [-0.25, -0.2) is 8.42 Å². The average molecular weight is 388 g/mol. The summed E-state index contributed by atoms with van der Waals surface area (Å²) in [6.45, 7) is 0.506. The van der Waals surface area contributed by atoms with Crippen LogP contribution >= 0.6 is 0 Å². The Hall–Kier alpha value is -2.19. The van der Waals surface area contributed by atoms with Crippen LogP contribution in [0, 0.1) is 0 Å². The summed E-state index contributed by atoms with van der Waals surface area (Å²) in [6.07, 6.45) is 6.83. The van der Waals surface area contributed by atoms with Crippen molar-refractivity contribution in [1.29, 1.82) is 0 Å². The van der Waals surface area contributed by atoms with Gasteiger partial charge in [-0.15, -0.1) is 0 Å². The van der Waals surface area contributed by atoms with E-state index in [-0.39, 0.29) is 30.0 Å². The van der Waals surface area contributed by atoms with E-state index in [0.717, 1.165) is 24.1 Å². The first kappa shape index (κ1) is 18.2. The first-order valence-electron chi connectivity index (χ1n) is 9.24. The minimum Gasteiger partial charge on any atom is -0.325 e. The van der Waals surface area contributed by atoms with Crippen LogP contribution in [-0.4, -0.2) is 53.6 Å². The van der Waals surface area contributed by atoms with Crippen molar-refractivity contribution < 1.29 is 13.2 Å². The molecule has 1 fully saturated rings. The summed E-state index contributed by atoms with van der Waals surface area (Å²) in [4.78, 5) is 14.5. The lowest BCUT2D eigenvalue weighted by atomic mass is 10.1. The van der Waals surface area contributed by atoms with Crippen LogP contribution in [0.3, 0.4) is 0 Å². The molecule has 8 heteroatoms. The number of fused-ring (bicyclic) bond motifs is 1. The second kappa shape index (κ2) is 7.09. The summed E-state index contributed by atoms with van der Waals surface area (Å²) in [6, 6.07) is 5.74. The van der Waals surface area contributed by atoms with E-state index in [1.165, 1.54) is 17.5 Å². The number of aryl methyl sites for hydroxylation is 3. The van der Waals surface area contributed by atoms with Crippen molar-refractivity contribution in [2.75, 3.05) is 29.9 Å². The van der Waals surface area contributed by atoms with Gasteiger partial charge in [0.25, 0.3) is 0 Å². The van der Waals surface area contributed by atoms with Crippen LogP contribution in [0.4, 0.5) is 5.69 Å². The molecule has 2 heterocycles. The highest BCUT2D eigenvalue weighted by Gasteiger charge is 2.34. The Morgan fingerprint density at radius 2 is 2.11 bits per heavy atom. The predicted molar refractivity (Wildman–Crippen MR) is 103 cm³/mol. The van der Waals surface area contributed by atoms with Crippen LogP contribution in [0.5, 0.6) is 0 Å². The van der Waals surface area contributed by atoms with Gasteiger partial charge in [-0.3, -0.25) is 14.4 Å². The molecule has 144 valence electrons. The number of carbonyl (C=O) groups excluding carboxylic acids is 1. The van der Waals surface area contributed by atoms with Crippen LogP contribution in [0.15, 0.2) is 30.6 Å². The largest absolute Gasteiger partial charge is 0.325 e. The molecule has 0 radical (unpaired) electrons. The maximum atomic E-state index is 12.6. The van der Waals surface area contributed by atoms with Crippen molar-refractivity contribution in [2.24, 2.45) is 7.05 Å². The van der Waals surface area contributed by atoms with Gasteiger partial charge in [0.05, 0.1) is 30.3 Å². The molecule has 2 aliphatic rings. The molecular weight excluding hydrogens is 364 g/mol. The zero-order valence-corrected chi connectivity index (χ0v) is 16.2. The van der Waals surface area contributed by atoms with E-state index < -0.39 is 9.84 Å². The van der Waals surface area contributed by atoms with Gasteiger partial charge in [0.1, 0.15) is 0 Å². The normalized spacial score (nSPS) is 21.7. The first-order valence-corrected chi connectivity index (χ1v) is 11.1. The van der Waals surface area contributed by atoms with Crippen LogP contribution in [0.1, 0.15) is 29.2 Å². The molecule has 1 N–H and O–H groups in total. The Morgan fingerprint density at radius 3 is 2.89 bits per heavy atom. The molecule has 0 spiro atoms. The lowest BCUT2D eigenvalue weighted by molar-refractivity contribution is -0.117. The fraction of sp³-hybridized carbons (Fsp3) is 0.474. The minimum atomic E-state index is -3.12. The van der Waals surface area contributed by atoms with Gasteiger partial charge >= 0.3 is 0 Å². The second-order valence-electron chi connectivity index (χ2n) is 7.43. The molecule has 1 atom stereocenters. The van der Waals surface area contributed by atoms with Gasteiger partial charge in [0.2, 0.25) is 5.91 Å². The Morgan fingerprint density at radius 1 is 1.30 bits per heavy atom. The topological polar surface area (TPSA) is 84.3 Å². The number of aromatic nitrogens is 2. The van der Waals surface area contributed by atoms with Crippen LogP contribution in [-0.2, 0) is 34.5 Å². The third-order valence-corrected chi connectivity index (χ3v) is 7.01. The summed E-state index contributed by atoms with van der Waals surface area (Å²) >= 11 is 0. The average Bonchev–Trinajstić information content (AvgIpc) is 3.24. The van der Waals surface area contributed by atoms with Crippen LogP contribution < -0.4 is 5.32 Å². The Kier molecular flexibility index (Phi) is 4.77. The molecule has 1 aliphatic heterocycles. The fourth-order valence-corrected chi connectivity index (χ4v) is 5.55. The van der Waals surface area contributed by atoms with E-state index in [1.54, 1.807) is 17.9 Å². The lowest BCUT2D eigenvalue weighted by Crippen LogP contribution is -2.46. The number of benzene rings is 1. The predicted octanol–water partition coefficient (Wildman–Crippen LogP) is 1.32. The minimum absolute atomic E-state index is 0.0187. The van der Waals surface area contributed by atoms with Crippen molar-refractivity contribution in [3.8, 4) is 0 Å². The van der Waals surface area contributed by atoms with Crippen LogP contribution in [0.25, 0.3) is 0 Å². The Labute approximate surface area is 159 Å². The van der Waals surface area contributed by atoms with Gasteiger partial charge in [0.15, 0.2) is 9.84 Å². The number of hydrogen-bond acceptors (Lipinski definition) is 5. The zero-order chi connectivity index (χ0) is 19.0. The van der Waals surface area contributed by atoms with E-state index in [4.69, 9.17) is 0 Å². The monoisotopic (exact) mass is 388 g/mol. The number of rotatable bonds is 4. The molecule has 0 saturated carbocycles. The van der Waals surface area contributed by atoms with Gasteiger partial charge in [-0.1, -0.05) is 6.07 Å². The third-order valence-electron chi connectivity index (χ3n) is 5.38. The SMILES string of the molecule is Cn1cc([C@H]2CS(=O)(=O)CCN2CC(=O)Nc2ccc3c(c2)CCC3)cn1. The van der Waals surface area contributed by atoms with Crippen LogP contribution in [0.2, 0.25) is 0 Å². The van der Waals surface area contributed by atoms with Gasteiger partial charge in [-0.05, 0) is 42.5 Å². The number of carbonyl (C=O) groups is 1. The van der Waals surface area contributed by atoms with Crippen molar-refractivity contribution in [3.05, 3.63) is 47.3 Å². The summed E-state index contributed by atoms with van der Waals surface area (Å²) in [5.41, 5.74) is 4.31. The van der Waals surface area contributed by atoms with E-state index >= 15 is 0 Å². The van der Waals surface area contributed by atoms with E-state index in [2.05, 4.69) is 22.5 Å². The molecule has 1 amide bonds. The second-order valence-corrected chi connectivity index (χ2v) is 9.66. The highest BCUT2D eigenvalue weighted by molar-refractivity contribution is 7.91. The van der Waals surface area contributed by atoms with Gasteiger partial charge < -0.3 is 5.32 Å². The van der Waals surface area contributed by atoms with Crippen molar-refractivity contribution in [2.45, 2.75) is 25.3 Å². The molecule has 1 aliphatic carbocycles. The molecule has 7 nitrogen and oxygen atoms in total. The van der Waals surface area contributed by atoms with E-state index in [9.17, 15) is 13.2 Å². The number of hydrogen-bond donors (Lipinski definition) is 1. The highest BCUT2D eigenvalue weighted by atomic mass is 32.2. The van der Waals surface area contributed by atoms with Crippen molar-refractivity contribution in [1.82, 2.24) is 14.7 Å². The lowest BCUT2D eigenvalue weighted by Gasteiger charge is -2.34. The smallest absolute Gasteiger partial charge is 0.238 e. The van der Waals surface area contributed by atoms with E-state index in [0.29, 0.717) is 6.54 Å². The standard InChI is InChI=1S/C19H24N4O3S/c1-22-11-16(10-20-22)18-13-27(25,26)8-7-23(18)12-19(24)21-17-6-5-14-3-2-4-15(14)9-17/h5-6,9-11,18H,2-4,7-8,12-13H2,1H3,(H,21,24)/t18-/m1/s1. The number of nitrogens with one attached hydrogen (secondary N) is 1. The summed E-state index contributed by atoms with van der Waals surface area (Å²) in [7, 11) is -1.32. The molecule has 2 aromatic rings. The summed E-state index contributed by atoms with van der Waals surface area (Å²) in [5, 5.41) is 7.11. The number of sulfone groups is 1. The maximum absolute atomic E-state index is 12.6. The zero-order valence-electron chi connectivity index (χ0n) is 15.4. The molecule has 1 aromatic heterocycles. The molecule has 0 bridgehead atoms. The van der Waals surface area contributed by atoms with Gasteiger partial charge in [0, 0.05) is 31.0 Å². The number of nitrogens with zero attached hydrogens (tertiary/aromatic N) is 3. The molecule has 1 saturated heterocycles. The Balaban J connectivity index is 1.47. The highest BCUT2D eigenvalue weighted by Crippen LogP contribution is 2.27. The van der Waals surface area contributed by atoms with Gasteiger partial charge in [-0.2, -0.15) is 5.10 Å². The molecule has 0 unspecified atom stereocenters. The van der Waals surface area contributed by atoms with Crippen molar-refractivity contribution >= 4 is 21.4 Å². The quantitative estimate of drug-likeness (QED) is 0.854. The fourth-order valence-electron chi connectivity index (χ4n) is 3.98. The third kappa shape index (κ3) is 4.06. The van der Waals surface area contributed by atoms with E-state index in [1.807, 2.05) is 17.2 Å². The maximum Gasteiger partial charge on any atom is 0.238 e. The molecule has 27 heavy (non-hydrogen) atoms. The molecular formula is C19H24N4O3S. The molecule has 4 rings (SSSR count). The first-order chi connectivity index (χ1) is 12.9. The number of anilines is 1. The number of amides is 1. The Bertz CT molecular complexity index is 967. The summed E-state index contributed by atoms with van der Waals surface area (Å²) in [5.74, 6) is -0.0260. The molecule has 1 aromatic carbocycles. The summed E-state index contributed by atoms with van der Waals surface area (Å²) < 4.78 is 25.9.